The lowest BCUT2D eigenvalue weighted by molar-refractivity contribution is 0.818. The highest BCUT2D eigenvalue weighted by atomic mass is 33.1. The summed E-state index contributed by atoms with van der Waals surface area (Å²) in [7, 11) is 3.87. The number of nitrogens with zero attached hydrogens (tertiary/aromatic N) is 2. The molecular weight excluding hydrogens is 276 g/mol. The summed E-state index contributed by atoms with van der Waals surface area (Å²) < 4.78 is 0. The molecule has 0 aromatic heterocycles. The number of hydrogen-bond acceptors (Lipinski definition) is 6. The van der Waals surface area contributed by atoms with E-state index in [2.05, 4.69) is 44.7 Å². The van der Waals surface area contributed by atoms with E-state index in [1.54, 1.807) is 0 Å². The van der Waals surface area contributed by atoms with Crippen molar-refractivity contribution in [3.05, 3.63) is 0 Å². The molecule has 0 rings (SSSR count). The van der Waals surface area contributed by atoms with Crippen molar-refractivity contribution in [3.8, 4) is 0 Å². The molecule has 0 heterocycles. The van der Waals surface area contributed by atoms with Crippen LogP contribution in [0.4, 0.5) is 0 Å². The van der Waals surface area contributed by atoms with Gasteiger partial charge in [-0.1, -0.05) is 21.6 Å². The van der Waals surface area contributed by atoms with Crippen LogP contribution < -0.4 is 0 Å². The van der Waals surface area contributed by atoms with Gasteiger partial charge in [-0.2, -0.15) is 0 Å². The van der Waals surface area contributed by atoms with Gasteiger partial charge in [0.05, 0.1) is 10.3 Å². The summed E-state index contributed by atoms with van der Waals surface area (Å²) in [5, 5.41) is 4.76. The molecule has 16 heavy (non-hydrogen) atoms. The Kier molecular flexibility index (Phi) is 15.6. The molecule has 0 unspecified atom stereocenters. The van der Waals surface area contributed by atoms with Crippen LogP contribution in [-0.2, 0) is 0 Å². The summed E-state index contributed by atoms with van der Waals surface area (Å²) in [6, 6.07) is 0. The van der Waals surface area contributed by atoms with Gasteiger partial charge in [-0.05, 0) is 50.1 Å². The monoisotopic (exact) mass is 292 g/mol. The SMILES string of the molecule is S=C=NCCCCSSCCCCN=C=S. The predicted octanol–water partition coefficient (Wildman–Crippen LogP) is 4.13. The first kappa shape index (κ1) is 16.3. The van der Waals surface area contributed by atoms with Crippen molar-refractivity contribution in [1.82, 2.24) is 0 Å². The first-order valence-electron chi connectivity index (χ1n) is 5.23. The van der Waals surface area contributed by atoms with E-state index in [4.69, 9.17) is 0 Å². The smallest absolute Gasteiger partial charge is 0.0584 e. The normalized spacial score (nSPS) is 9.25. The summed E-state index contributed by atoms with van der Waals surface area (Å²) in [5.41, 5.74) is 0. The minimum absolute atomic E-state index is 0.824. The van der Waals surface area contributed by atoms with E-state index in [0.29, 0.717) is 0 Å². The van der Waals surface area contributed by atoms with Crippen LogP contribution in [0, 0.1) is 0 Å². The third-order valence-electron chi connectivity index (χ3n) is 1.71. The van der Waals surface area contributed by atoms with Crippen molar-refractivity contribution in [2.24, 2.45) is 9.98 Å². The highest BCUT2D eigenvalue weighted by molar-refractivity contribution is 8.76. The molecule has 0 aliphatic rings. The van der Waals surface area contributed by atoms with Gasteiger partial charge in [-0.3, -0.25) is 0 Å². The van der Waals surface area contributed by atoms with Gasteiger partial charge >= 0.3 is 0 Å². The second-order valence-electron chi connectivity index (χ2n) is 3.00. The van der Waals surface area contributed by atoms with Crippen LogP contribution in [0.2, 0.25) is 0 Å². The highest BCUT2D eigenvalue weighted by Gasteiger charge is 1.92. The average molecular weight is 293 g/mol. The molecule has 0 saturated heterocycles. The summed E-state index contributed by atoms with van der Waals surface area (Å²) in [6.45, 7) is 1.65. The van der Waals surface area contributed by atoms with E-state index < -0.39 is 0 Å². The number of hydrogen-bond donors (Lipinski definition) is 0. The van der Waals surface area contributed by atoms with Gasteiger partial charge in [0.1, 0.15) is 0 Å². The maximum atomic E-state index is 4.49. The molecule has 0 aromatic rings. The Bertz CT molecular complexity index is 219. The van der Waals surface area contributed by atoms with Crippen LogP contribution >= 0.6 is 46.0 Å². The van der Waals surface area contributed by atoms with Crippen molar-refractivity contribution < 1.29 is 0 Å². The molecule has 0 aliphatic carbocycles. The Morgan fingerprint density at radius 2 is 1.19 bits per heavy atom. The molecule has 6 heteroatoms. The van der Waals surface area contributed by atoms with Gasteiger partial charge in [0, 0.05) is 24.6 Å². The van der Waals surface area contributed by atoms with E-state index in [1.807, 2.05) is 21.6 Å². The van der Waals surface area contributed by atoms with Gasteiger partial charge < -0.3 is 0 Å². The van der Waals surface area contributed by atoms with E-state index in [9.17, 15) is 0 Å². The molecule has 0 fully saturated rings. The molecule has 0 spiro atoms. The Labute approximate surface area is 116 Å². The van der Waals surface area contributed by atoms with Gasteiger partial charge in [0.15, 0.2) is 0 Å². The molecule has 0 atom stereocenters. The summed E-state index contributed by atoms with van der Waals surface area (Å²) in [4.78, 5) is 7.74. The van der Waals surface area contributed by atoms with Crippen LogP contribution in [0.15, 0.2) is 9.98 Å². The molecule has 0 aliphatic heterocycles. The molecule has 0 N–H and O–H groups in total. The number of unbranched alkanes of at least 4 members (excludes halogenated alkanes) is 2. The third kappa shape index (κ3) is 14.3. The lowest BCUT2D eigenvalue weighted by Gasteiger charge is -1.99. The van der Waals surface area contributed by atoms with Gasteiger partial charge in [0.25, 0.3) is 0 Å². The zero-order chi connectivity index (χ0) is 11.9. The van der Waals surface area contributed by atoms with Crippen LogP contribution in [-0.4, -0.2) is 34.9 Å². The molecule has 0 amide bonds. The zero-order valence-electron chi connectivity index (χ0n) is 9.18. The molecule has 0 radical (unpaired) electrons. The first-order chi connectivity index (χ1) is 7.91. The molecule has 0 aromatic carbocycles. The summed E-state index contributed by atoms with van der Waals surface area (Å²) in [6.07, 6.45) is 4.63. The number of isothiocyanates is 2. The standard InChI is InChI=1S/C10H16N2S4/c13-9-11-5-1-3-7-15-16-8-4-2-6-12-10-14/h1-8H2. The topological polar surface area (TPSA) is 24.7 Å². The number of aliphatic imine (C=N–C) groups is 2. The van der Waals surface area contributed by atoms with Crippen LogP contribution in [0.3, 0.4) is 0 Å². The minimum atomic E-state index is 0.824. The summed E-state index contributed by atoms with van der Waals surface area (Å²) in [5.74, 6) is 2.38. The predicted molar refractivity (Wildman–Crippen MR) is 83.2 cm³/mol. The minimum Gasteiger partial charge on any atom is -0.233 e. The quantitative estimate of drug-likeness (QED) is 0.247. The van der Waals surface area contributed by atoms with E-state index in [0.717, 1.165) is 25.9 Å². The van der Waals surface area contributed by atoms with Crippen LogP contribution in [0.5, 0.6) is 0 Å². The first-order valence-corrected chi connectivity index (χ1v) is 8.54. The molecular formula is C10H16N2S4. The van der Waals surface area contributed by atoms with Gasteiger partial charge in [0.2, 0.25) is 0 Å². The molecule has 90 valence electrons. The van der Waals surface area contributed by atoms with E-state index in [-0.39, 0.29) is 0 Å². The fourth-order valence-electron chi connectivity index (χ4n) is 0.913. The Morgan fingerprint density at radius 3 is 1.56 bits per heavy atom. The second-order valence-corrected chi connectivity index (χ2v) is 6.07. The highest BCUT2D eigenvalue weighted by Crippen LogP contribution is 2.23. The summed E-state index contributed by atoms with van der Waals surface area (Å²) >= 11 is 8.97. The van der Waals surface area contributed by atoms with Crippen LogP contribution in [0.25, 0.3) is 0 Å². The maximum absolute atomic E-state index is 4.49. The number of rotatable bonds is 11. The molecule has 2 nitrogen and oxygen atoms in total. The Morgan fingerprint density at radius 1 is 0.750 bits per heavy atom. The van der Waals surface area contributed by atoms with Gasteiger partial charge in [-0.15, -0.1) is 0 Å². The largest absolute Gasteiger partial charge is 0.233 e. The fourth-order valence-corrected chi connectivity index (χ4v) is 3.39. The molecule has 0 bridgehead atoms. The fraction of sp³-hybridized carbons (Fsp3) is 0.800. The zero-order valence-corrected chi connectivity index (χ0v) is 12.5. The lowest BCUT2D eigenvalue weighted by Crippen LogP contribution is -1.85. The van der Waals surface area contributed by atoms with Crippen molar-refractivity contribution in [2.75, 3.05) is 24.6 Å². The molecule has 0 saturated carbocycles. The Balaban J connectivity index is 2.98. The van der Waals surface area contributed by atoms with E-state index in [1.165, 1.54) is 24.3 Å². The number of thiocarbonyl (C=S) groups is 2. The Hall–Kier alpha value is 0.300. The average Bonchev–Trinajstić information content (AvgIpc) is 2.31. The van der Waals surface area contributed by atoms with E-state index >= 15 is 0 Å². The lowest BCUT2D eigenvalue weighted by atomic mass is 10.3. The van der Waals surface area contributed by atoms with Crippen molar-refractivity contribution in [2.45, 2.75) is 25.7 Å². The van der Waals surface area contributed by atoms with Crippen LogP contribution in [0.1, 0.15) is 25.7 Å². The van der Waals surface area contributed by atoms with Crippen molar-refractivity contribution >= 4 is 56.3 Å². The van der Waals surface area contributed by atoms with Crippen molar-refractivity contribution in [1.29, 1.82) is 0 Å². The third-order valence-corrected chi connectivity index (χ3v) is 4.54. The van der Waals surface area contributed by atoms with Crippen molar-refractivity contribution in [3.63, 3.8) is 0 Å². The van der Waals surface area contributed by atoms with Gasteiger partial charge in [-0.25, -0.2) is 9.98 Å². The second kappa shape index (κ2) is 15.3. The maximum Gasteiger partial charge on any atom is 0.0584 e.